The molecule has 0 bridgehead atoms. The van der Waals surface area contributed by atoms with Crippen LogP contribution in [0.15, 0.2) is 41.4 Å². The molecule has 0 heterocycles. The highest BCUT2D eigenvalue weighted by Crippen LogP contribution is 2.29. The second-order valence-corrected chi connectivity index (χ2v) is 6.56. The van der Waals surface area contributed by atoms with Gasteiger partial charge in [-0.05, 0) is 55.2 Å². The molecule has 164 valence electrons. The van der Waals surface area contributed by atoms with Gasteiger partial charge in [0.1, 0.15) is 0 Å². The van der Waals surface area contributed by atoms with Crippen molar-refractivity contribution in [2.45, 2.75) is 26.3 Å². The molecule has 2 rings (SSSR count). The normalized spacial score (nSPS) is 11.0. The number of hydrogen-bond donors (Lipinski definition) is 2. The maximum atomic E-state index is 5.65. The van der Waals surface area contributed by atoms with Crippen molar-refractivity contribution in [3.8, 4) is 23.0 Å². The number of hydrogen-bond acceptors (Lipinski definition) is 5. The Morgan fingerprint density at radius 2 is 1.47 bits per heavy atom. The third-order valence-corrected chi connectivity index (χ3v) is 4.59. The lowest BCUT2D eigenvalue weighted by atomic mass is 10.1. The summed E-state index contributed by atoms with van der Waals surface area (Å²) in [6, 6.07) is 11.9. The monoisotopic (exact) mass is 415 g/mol. The Kier molecular flexibility index (Phi) is 9.64. The third-order valence-electron chi connectivity index (χ3n) is 4.59. The average molecular weight is 416 g/mol. The van der Waals surface area contributed by atoms with E-state index in [0.29, 0.717) is 18.9 Å². The van der Waals surface area contributed by atoms with Crippen LogP contribution in [0.4, 0.5) is 0 Å². The van der Waals surface area contributed by atoms with Gasteiger partial charge in [0.05, 0.1) is 27.9 Å². The number of guanidine groups is 1. The molecule has 0 atom stereocenters. The fourth-order valence-corrected chi connectivity index (χ4v) is 3.04. The molecule has 0 amide bonds. The minimum Gasteiger partial charge on any atom is -0.493 e. The van der Waals surface area contributed by atoms with E-state index in [2.05, 4.69) is 21.7 Å². The van der Waals surface area contributed by atoms with Crippen LogP contribution < -0.4 is 29.6 Å². The predicted octanol–water partition coefficient (Wildman–Crippen LogP) is 3.41. The molecule has 7 heteroatoms. The summed E-state index contributed by atoms with van der Waals surface area (Å²) in [6.07, 6.45) is 1.90. The lowest BCUT2D eigenvalue weighted by Gasteiger charge is -2.14. The molecule has 7 nitrogen and oxygen atoms in total. The van der Waals surface area contributed by atoms with Crippen LogP contribution in [-0.2, 0) is 13.0 Å². The molecule has 0 unspecified atom stereocenters. The SMILES string of the molecule is CCOc1cc(CCCNC(=NC)NCc2ccc(OC)c(OC)c2)ccc1OC. The number of rotatable bonds is 11. The summed E-state index contributed by atoms with van der Waals surface area (Å²) >= 11 is 0. The number of aryl methyl sites for hydroxylation is 1. The Morgan fingerprint density at radius 3 is 2.10 bits per heavy atom. The lowest BCUT2D eigenvalue weighted by molar-refractivity contribution is 0.310. The first-order chi connectivity index (χ1) is 14.6. The molecular formula is C23H33N3O4. The van der Waals surface area contributed by atoms with E-state index in [0.717, 1.165) is 48.2 Å². The summed E-state index contributed by atoms with van der Waals surface area (Å²) in [5, 5.41) is 6.67. The van der Waals surface area contributed by atoms with Crippen LogP contribution in [0, 0.1) is 0 Å². The van der Waals surface area contributed by atoms with Crippen molar-refractivity contribution in [2.75, 3.05) is 41.5 Å². The van der Waals surface area contributed by atoms with Crippen molar-refractivity contribution >= 4 is 5.96 Å². The van der Waals surface area contributed by atoms with Crippen molar-refractivity contribution in [3.63, 3.8) is 0 Å². The highest BCUT2D eigenvalue weighted by Gasteiger charge is 2.07. The number of methoxy groups -OCH3 is 3. The van der Waals surface area contributed by atoms with Crippen LogP contribution in [-0.4, -0.2) is 47.5 Å². The van der Waals surface area contributed by atoms with E-state index in [1.165, 1.54) is 5.56 Å². The Morgan fingerprint density at radius 1 is 0.833 bits per heavy atom. The summed E-state index contributed by atoms with van der Waals surface area (Å²) in [4.78, 5) is 4.29. The van der Waals surface area contributed by atoms with Crippen molar-refractivity contribution in [2.24, 2.45) is 4.99 Å². The zero-order valence-electron chi connectivity index (χ0n) is 18.6. The zero-order chi connectivity index (χ0) is 21.8. The van der Waals surface area contributed by atoms with Gasteiger partial charge in [-0.3, -0.25) is 4.99 Å². The zero-order valence-corrected chi connectivity index (χ0v) is 18.6. The molecular weight excluding hydrogens is 382 g/mol. The smallest absolute Gasteiger partial charge is 0.191 e. The highest BCUT2D eigenvalue weighted by molar-refractivity contribution is 5.79. The minimum absolute atomic E-state index is 0.615. The van der Waals surface area contributed by atoms with Crippen LogP contribution in [0.3, 0.4) is 0 Å². The van der Waals surface area contributed by atoms with Crippen LogP contribution in [0.25, 0.3) is 0 Å². The quantitative estimate of drug-likeness (QED) is 0.333. The van der Waals surface area contributed by atoms with E-state index in [9.17, 15) is 0 Å². The largest absolute Gasteiger partial charge is 0.493 e. The molecule has 0 saturated heterocycles. The van der Waals surface area contributed by atoms with Crippen LogP contribution >= 0.6 is 0 Å². The van der Waals surface area contributed by atoms with Gasteiger partial charge in [-0.2, -0.15) is 0 Å². The van der Waals surface area contributed by atoms with Gasteiger partial charge in [-0.25, -0.2) is 0 Å². The van der Waals surface area contributed by atoms with E-state index < -0.39 is 0 Å². The Labute approximate surface area is 179 Å². The number of nitrogens with zero attached hydrogens (tertiary/aromatic N) is 1. The molecule has 2 N–H and O–H groups in total. The number of nitrogens with one attached hydrogen (secondary N) is 2. The molecule has 2 aromatic rings. The van der Waals surface area contributed by atoms with Gasteiger partial charge in [0.15, 0.2) is 29.0 Å². The van der Waals surface area contributed by atoms with E-state index in [1.54, 1.807) is 28.4 Å². The Hall–Kier alpha value is -3.09. The third kappa shape index (κ3) is 6.76. The molecule has 0 saturated carbocycles. The van der Waals surface area contributed by atoms with E-state index in [4.69, 9.17) is 18.9 Å². The Bertz CT molecular complexity index is 824. The van der Waals surface area contributed by atoms with E-state index in [1.807, 2.05) is 37.3 Å². The molecule has 0 fully saturated rings. The van der Waals surface area contributed by atoms with Crippen LogP contribution in [0.1, 0.15) is 24.5 Å². The molecule has 0 aliphatic heterocycles. The van der Waals surface area contributed by atoms with Gasteiger partial charge >= 0.3 is 0 Å². The lowest BCUT2D eigenvalue weighted by Crippen LogP contribution is -2.37. The first kappa shape index (κ1) is 23.2. The summed E-state index contributed by atoms with van der Waals surface area (Å²) in [5.74, 6) is 3.74. The molecule has 0 spiro atoms. The molecule has 2 aromatic carbocycles. The molecule has 0 aliphatic carbocycles. The molecule has 0 aromatic heterocycles. The van der Waals surface area contributed by atoms with Crippen LogP contribution in [0.5, 0.6) is 23.0 Å². The summed E-state index contributed by atoms with van der Waals surface area (Å²) in [5.41, 5.74) is 2.30. The molecule has 0 radical (unpaired) electrons. The summed E-state index contributed by atoms with van der Waals surface area (Å²) < 4.78 is 21.6. The summed E-state index contributed by atoms with van der Waals surface area (Å²) in [6.45, 7) is 4.03. The van der Waals surface area contributed by atoms with Crippen molar-refractivity contribution in [1.29, 1.82) is 0 Å². The maximum absolute atomic E-state index is 5.65. The number of ether oxygens (including phenoxy) is 4. The number of aliphatic imine (C=N–C) groups is 1. The van der Waals surface area contributed by atoms with Gasteiger partial charge in [-0.15, -0.1) is 0 Å². The Balaban J connectivity index is 1.80. The van der Waals surface area contributed by atoms with E-state index in [-0.39, 0.29) is 0 Å². The predicted molar refractivity (Wildman–Crippen MR) is 120 cm³/mol. The minimum atomic E-state index is 0.615. The van der Waals surface area contributed by atoms with Gasteiger partial charge < -0.3 is 29.6 Å². The second-order valence-electron chi connectivity index (χ2n) is 6.56. The van der Waals surface area contributed by atoms with Crippen molar-refractivity contribution in [1.82, 2.24) is 10.6 Å². The van der Waals surface area contributed by atoms with Gasteiger partial charge in [0.2, 0.25) is 0 Å². The van der Waals surface area contributed by atoms with Gasteiger partial charge in [0.25, 0.3) is 0 Å². The van der Waals surface area contributed by atoms with Gasteiger partial charge in [-0.1, -0.05) is 12.1 Å². The fraction of sp³-hybridized carbons (Fsp3) is 0.435. The fourth-order valence-electron chi connectivity index (χ4n) is 3.04. The van der Waals surface area contributed by atoms with E-state index >= 15 is 0 Å². The molecule has 30 heavy (non-hydrogen) atoms. The first-order valence-electron chi connectivity index (χ1n) is 10.1. The average Bonchev–Trinajstić information content (AvgIpc) is 2.78. The van der Waals surface area contributed by atoms with Gasteiger partial charge in [0, 0.05) is 20.1 Å². The molecule has 0 aliphatic rings. The van der Waals surface area contributed by atoms with Crippen LogP contribution in [0.2, 0.25) is 0 Å². The second kappa shape index (κ2) is 12.5. The highest BCUT2D eigenvalue weighted by atomic mass is 16.5. The van der Waals surface area contributed by atoms with Crippen molar-refractivity contribution in [3.05, 3.63) is 47.5 Å². The maximum Gasteiger partial charge on any atom is 0.191 e. The summed E-state index contributed by atoms with van der Waals surface area (Å²) in [7, 11) is 6.69. The van der Waals surface area contributed by atoms with Crippen molar-refractivity contribution < 1.29 is 18.9 Å². The standard InChI is InChI=1S/C23H33N3O4/c1-6-30-22-14-17(9-11-20(22)28-4)8-7-13-25-23(24-2)26-16-18-10-12-19(27-3)21(15-18)29-5/h9-12,14-15H,6-8,13,16H2,1-5H3,(H2,24,25,26). The topological polar surface area (TPSA) is 73.3 Å². The first-order valence-corrected chi connectivity index (χ1v) is 10.1. The number of benzene rings is 2.